The number of hydrogen-bond donors (Lipinski definition) is 1. The summed E-state index contributed by atoms with van der Waals surface area (Å²) in [5.74, 6) is 2.35. The lowest BCUT2D eigenvalue weighted by Crippen LogP contribution is -2.26. The Balaban J connectivity index is 1.45. The second kappa shape index (κ2) is 11.3. The van der Waals surface area contributed by atoms with Crippen molar-refractivity contribution in [2.45, 2.75) is 24.8 Å². The Hall–Kier alpha value is -2.92. The molecule has 1 amide bonds. The topological polar surface area (TPSA) is 47.6 Å². The lowest BCUT2D eigenvalue weighted by Gasteiger charge is -2.15. The highest BCUT2D eigenvalue weighted by Crippen LogP contribution is 2.20. The molecule has 0 aliphatic carbocycles. The zero-order valence-corrected chi connectivity index (χ0v) is 18.2. The molecular weight excluding hydrogens is 394 g/mol. The van der Waals surface area contributed by atoms with E-state index < -0.39 is 0 Å². The number of rotatable bonds is 10. The van der Waals surface area contributed by atoms with Gasteiger partial charge in [-0.05, 0) is 67.9 Å². The summed E-state index contributed by atoms with van der Waals surface area (Å²) in [7, 11) is 0. The van der Waals surface area contributed by atoms with Gasteiger partial charge in [0, 0.05) is 16.2 Å². The first-order valence-electron chi connectivity index (χ1n) is 10.1. The molecule has 3 aromatic carbocycles. The summed E-state index contributed by atoms with van der Waals surface area (Å²) in [6.45, 7) is 5.17. The predicted molar refractivity (Wildman–Crippen MR) is 123 cm³/mol. The summed E-state index contributed by atoms with van der Waals surface area (Å²) in [5, 5.41) is 3.03. The van der Waals surface area contributed by atoms with Crippen LogP contribution in [0.4, 0.5) is 0 Å². The molecule has 0 aliphatic rings. The van der Waals surface area contributed by atoms with Crippen molar-refractivity contribution in [3.63, 3.8) is 0 Å². The molecule has 0 heterocycles. The first-order chi connectivity index (χ1) is 14.7. The number of carbonyl (C=O) groups is 1. The van der Waals surface area contributed by atoms with Gasteiger partial charge in [-0.3, -0.25) is 4.79 Å². The summed E-state index contributed by atoms with van der Waals surface area (Å²) in [6, 6.07) is 25.2. The van der Waals surface area contributed by atoms with Crippen LogP contribution in [0, 0.1) is 0 Å². The van der Waals surface area contributed by atoms with Gasteiger partial charge in [0.15, 0.2) is 0 Å². The Bertz CT molecular complexity index is 911. The number of ether oxygens (including phenoxy) is 2. The molecule has 0 saturated carbocycles. The monoisotopic (exact) mass is 421 g/mol. The summed E-state index contributed by atoms with van der Waals surface area (Å²) in [4.78, 5) is 13.8. The third kappa shape index (κ3) is 6.56. The van der Waals surface area contributed by atoms with E-state index in [9.17, 15) is 4.79 Å². The number of thioether (sulfide) groups is 1. The van der Waals surface area contributed by atoms with Gasteiger partial charge >= 0.3 is 0 Å². The van der Waals surface area contributed by atoms with Crippen LogP contribution in [-0.2, 0) is 0 Å². The molecule has 0 unspecified atom stereocenters. The molecule has 0 aromatic heterocycles. The van der Waals surface area contributed by atoms with Crippen molar-refractivity contribution in [2.75, 3.05) is 19.0 Å². The van der Waals surface area contributed by atoms with Gasteiger partial charge in [-0.1, -0.05) is 30.3 Å². The molecule has 0 bridgehead atoms. The van der Waals surface area contributed by atoms with Crippen molar-refractivity contribution >= 4 is 17.7 Å². The van der Waals surface area contributed by atoms with Crippen molar-refractivity contribution in [2.24, 2.45) is 0 Å². The summed E-state index contributed by atoms with van der Waals surface area (Å²) in [6.07, 6.45) is 0. The van der Waals surface area contributed by atoms with Gasteiger partial charge in [-0.2, -0.15) is 0 Å². The lowest BCUT2D eigenvalue weighted by atomic mass is 10.1. The molecule has 0 aliphatic heterocycles. The highest BCUT2D eigenvalue weighted by Gasteiger charge is 2.12. The molecule has 1 atom stereocenters. The Labute approximate surface area is 182 Å². The normalized spacial score (nSPS) is 11.5. The quantitative estimate of drug-likeness (QED) is 0.335. The van der Waals surface area contributed by atoms with Gasteiger partial charge in [-0.15, -0.1) is 11.8 Å². The van der Waals surface area contributed by atoms with Gasteiger partial charge in [-0.25, -0.2) is 0 Å². The summed E-state index contributed by atoms with van der Waals surface area (Å²) < 4.78 is 11.2. The van der Waals surface area contributed by atoms with Crippen molar-refractivity contribution in [1.29, 1.82) is 0 Å². The van der Waals surface area contributed by atoms with Gasteiger partial charge in [0.1, 0.15) is 11.5 Å². The number of hydrogen-bond acceptors (Lipinski definition) is 4. The third-order valence-corrected chi connectivity index (χ3v) is 5.50. The molecule has 4 nitrogen and oxygen atoms in total. The van der Waals surface area contributed by atoms with Crippen molar-refractivity contribution < 1.29 is 14.3 Å². The fourth-order valence-electron chi connectivity index (χ4n) is 2.92. The van der Waals surface area contributed by atoms with E-state index in [1.54, 1.807) is 23.9 Å². The molecular formula is C25H27NO3S. The van der Waals surface area contributed by atoms with E-state index >= 15 is 0 Å². The Morgan fingerprint density at radius 3 is 2.20 bits per heavy atom. The van der Waals surface area contributed by atoms with Gasteiger partial charge < -0.3 is 14.8 Å². The molecule has 0 saturated heterocycles. The minimum Gasteiger partial charge on any atom is -0.494 e. The molecule has 0 spiro atoms. The van der Waals surface area contributed by atoms with Crippen molar-refractivity contribution in [3.05, 3.63) is 90.0 Å². The average Bonchev–Trinajstić information content (AvgIpc) is 2.78. The van der Waals surface area contributed by atoms with Crippen LogP contribution in [0.5, 0.6) is 11.5 Å². The smallest absolute Gasteiger partial charge is 0.251 e. The van der Waals surface area contributed by atoms with Crippen LogP contribution >= 0.6 is 11.8 Å². The fourth-order valence-corrected chi connectivity index (χ4v) is 3.67. The van der Waals surface area contributed by atoms with Crippen LogP contribution in [0.1, 0.15) is 35.8 Å². The highest BCUT2D eigenvalue weighted by atomic mass is 32.2. The summed E-state index contributed by atoms with van der Waals surface area (Å²) in [5.41, 5.74) is 1.64. The SMILES string of the molecule is CCOc1ccc([C@H](C)NC(=O)c2ccc(OCCSc3ccccc3)cc2)cc1. The van der Waals surface area contributed by atoms with Crippen LogP contribution < -0.4 is 14.8 Å². The van der Waals surface area contributed by atoms with E-state index in [0.717, 1.165) is 22.8 Å². The van der Waals surface area contributed by atoms with E-state index in [-0.39, 0.29) is 11.9 Å². The molecule has 156 valence electrons. The van der Waals surface area contributed by atoms with Gasteiger partial charge in [0.25, 0.3) is 5.91 Å². The number of amides is 1. The first-order valence-corrected chi connectivity index (χ1v) is 11.1. The van der Waals surface area contributed by atoms with Gasteiger partial charge in [0.2, 0.25) is 0 Å². The van der Waals surface area contributed by atoms with Crippen LogP contribution in [0.2, 0.25) is 0 Å². The Morgan fingerprint density at radius 2 is 1.53 bits per heavy atom. The maximum absolute atomic E-state index is 12.5. The van der Waals surface area contributed by atoms with Crippen LogP contribution in [-0.4, -0.2) is 24.9 Å². The second-order valence-corrected chi connectivity index (χ2v) is 7.90. The maximum Gasteiger partial charge on any atom is 0.251 e. The molecule has 3 rings (SSSR count). The minimum absolute atomic E-state index is 0.0980. The molecule has 1 N–H and O–H groups in total. The maximum atomic E-state index is 12.5. The van der Waals surface area contributed by atoms with Crippen molar-refractivity contribution in [3.8, 4) is 11.5 Å². The van der Waals surface area contributed by atoms with Gasteiger partial charge in [0.05, 0.1) is 19.3 Å². The minimum atomic E-state index is -0.109. The average molecular weight is 422 g/mol. The van der Waals surface area contributed by atoms with E-state index in [0.29, 0.717) is 18.8 Å². The number of carbonyl (C=O) groups excluding carboxylic acids is 1. The molecule has 5 heteroatoms. The predicted octanol–water partition coefficient (Wildman–Crippen LogP) is 5.75. The van der Waals surface area contributed by atoms with E-state index in [2.05, 4.69) is 17.4 Å². The highest BCUT2D eigenvalue weighted by molar-refractivity contribution is 7.99. The fraction of sp³-hybridized carbons (Fsp3) is 0.240. The van der Waals surface area contributed by atoms with Crippen LogP contribution in [0.25, 0.3) is 0 Å². The van der Waals surface area contributed by atoms with Crippen LogP contribution in [0.3, 0.4) is 0 Å². The number of benzene rings is 3. The first kappa shape index (κ1) is 21.8. The molecule has 0 fully saturated rings. The summed E-state index contributed by atoms with van der Waals surface area (Å²) >= 11 is 1.76. The lowest BCUT2D eigenvalue weighted by molar-refractivity contribution is 0.0940. The van der Waals surface area contributed by atoms with E-state index in [4.69, 9.17) is 9.47 Å². The number of nitrogens with one attached hydrogen (secondary N) is 1. The zero-order chi connectivity index (χ0) is 21.2. The third-order valence-electron chi connectivity index (χ3n) is 4.52. The van der Waals surface area contributed by atoms with Crippen molar-refractivity contribution in [1.82, 2.24) is 5.32 Å². The molecule has 3 aromatic rings. The largest absolute Gasteiger partial charge is 0.494 e. The van der Waals surface area contributed by atoms with E-state index in [1.165, 1.54) is 4.90 Å². The van der Waals surface area contributed by atoms with Crippen LogP contribution in [0.15, 0.2) is 83.8 Å². The molecule has 0 radical (unpaired) electrons. The standard InChI is InChI=1S/C25H27NO3S/c1-3-28-22-13-9-20(10-14-22)19(2)26-25(27)21-11-15-23(16-12-21)29-17-18-30-24-7-5-4-6-8-24/h4-16,19H,3,17-18H2,1-2H3,(H,26,27)/t19-/m0/s1. The zero-order valence-electron chi connectivity index (χ0n) is 17.3. The molecule has 30 heavy (non-hydrogen) atoms. The Morgan fingerprint density at radius 1 is 0.900 bits per heavy atom. The van der Waals surface area contributed by atoms with E-state index in [1.807, 2.05) is 68.4 Å². The Kier molecular flexibility index (Phi) is 8.21. The second-order valence-electron chi connectivity index (χ2n) is 6.73.